The van der Waals surface area contributed by atoms with Crippen molar-refractivity contribution in [2.24, 2.45) is 0 Å². The van der Waals surface area contributed by atoms with E-state index in [4.69, 9.17) is 0 Å². The normalized spacial score (nSPS) is 15.0. The number of nitrogens with zero attached hydrogens (tertiary/aromatic N) is 2. The van der Waals surface area contributed by atoms with E-state index < -0.39 is 0 Å². The topological polar surface area (TPSA) is 56.4 Å². The molecule has 2 heterocycles. The fourth-order valence-electron chi connectivity index (χ4n) is 2.56. The van der Waals surface area contributed by atoms with Gasteiger partial charge in [-0.3, -0.25) is 9.59 Å². The van der Waals surface area contributed by atoms with Crippen LogP contribution in [0.25, 0.3) is 0 Å². The molecule has 0 spiro atoms. The van der Waals surface area contributed by atoms with Gasteiger partial charge in [-0.15, -0.1) is 0 Å². The molecule has 1 aromatic heterocycles. The van der Waals surface area contributed by atoms with Crippen LogP contribution in [0.3, 0.4) is 0 Å². The lowest BCUT2D eigenvalue weighted by atomic mass is 10.2. The fourth-order valence-corrected chi connectivity index (χ4v) is 2.56. The molecule has 1 saturated heterocycles. The number of hydrogen-bond donors (Lipinski definition) is 1. The largest absolute Gasteiger partial charge is 0.368 e. The summed E-state index contributed by atoms with van der Waals surface area (Å²) in [5.41, 5.74) is 1.15. The van der Waals surface area contributed by atoms with E-state index in [-0.39, 0.29) is 16.9 Å². The molecule has 5 nitrogen and oxygen atoms in total. The Morgan fingerprint density at radius 3 is 2.38 bits per heavy atom. The number of H-pyrrole nitrogens is 1. The number of anilines is 1. The maximum atomic E-state index is 12.4. The van der Waals surface area contributed by atoms with Crippen molar-refractivity contribution >= 4 is 11.6 Å². The molecule has 0 radical (unpaired) electrons. The first kappa shape index (κ1) is 13.4. The Kier molecular flexibility index (Phi) is 3.73. The Morgan fingerprint density at radius 1 is 1.00 bits per heavy atom. The van der Waals surface area contributed by atoms with Crippen LogP contribution in [0.15, 0.2) is 53.6 Å². The second-order valence-corrected chi connectivity index (χ2v) is 5.04. The van der Waals surface area contributed by atoms with Gasteiger partial charge in [-0.1, -0.05) is 18.2 Å². The molecule has 5 heteroatoms. The quantitative estimate of drug-likeness (QED) is 0.905. The number of piperazine rings is 1. The van der Waals surface area contributed by atoms with Crippen molar-refractivity contribution in [2.45, 2.75) is 0 Å². The first-order valence-electron chi connectivity index (χ1n) is 7.02. The predicted octanol–water partition coefficient (Wildman–Crippen LogP) is 1.34. The van der Waals surface area contributed by atoms with Gasteiger partial charge in [0.15, 0.2) is 5.43 Å². The number of pyridine rings is 1. The van der Waals surface area contributed by atoms with Gasteiger partial charge >= 0.3 is 0 Å². The Balaban J connectivity index is 1.68. The highest BCUT2D eigenvalue weighted by Crippen LogP contribution is 2.16. The second-order valence-electron chi connectivity index (χ2n) is 5.04. The number of rotatable bonds is 2. The third-order valence-corrected chi connectivity index (χ3v) is 3.74. The maximum absolute atomic E-state index is 12.4. The molecule has 1 fully saturated rings. The van der Waals surface area contributed by atoms with E-state index in [9.17, 15) is 9.59 Å². The highest BCUT2D eigenvalue weighted by atomic mass is 16.2. The molecule has 1 amide bonds. The van der Waals surface area contributed by atoms with Crippen molar-refractivity contribution in [1.82, 2.24) is 9.88 Å². The summed E-state index contributed by atoms with van der Waals surface area (Å²) in [4.78, 5) is 30.8. The van der Waals surface area contributed by atoms with Crippen LogP contribution in [0.4, 0.5) is 5.69 Å². The number of hydrogen-bond acceptors (Lipinski definition) is 3. The molecule has 0 atom stereocenters. The van der Waals surface area contributed by atoms with Gasteiger partial charge in [0.25, 0.3) is 5.91 Å². The fraction of sp³-hybridized carbons (Fsp3) is 0.250. The monoisotopic (exact) mass is 283 g/mol. The predicted molar refractivity (Wildman–Crippen MR) is 81.6 cm³/mol. The maximum Gasteiger partial charge on any atom is 0.259 e. The Bertz CT molecular complexity index is 673. The number of para-hydroxylation sites is 1. The highest BCUT2D eigenvalue weighted by Gasteiger charge is 2.23. The second kappa shape index (κ2) is 5.83. The Morgan fingerprint density at radius 2 is 1.71 bits per heavy atom. The zero-order valence-corrected chi connectivity index (χ0v) is 11.7. The molecule has 0 saturated carbocycles. The minimum Gasteiger partial charge on any atom is -0.368 e. The molecule has 21 heavy (non-hydrogen) atoms. The van der Waals surface area contributed by atoms with E-state index in [1.54, 1.807) is 4.90 Å². The van der Waals surface area contributed by atoms with Crippen molar-refractivity contribution < 1.29 is 4.79 Å². The van der Waals surface area contributed by atoms with Crippen LogP contribution in [0.1, 0.15) is 10.4 Å². The number of amides is 1. The molecule has 0 bridgehead atoms. The zero-order chi connectivity index (χ0) is 14.7. The van der Waals surface area contributed by atoms with Gasteiger partial charge in [-0.05, 0) is 12.1 Å². The number of carbonyl (C=O) groups is 1. The number of benzene rings is 1. The Hall–Kier alpha value is -2.56. The van der Waals surface area contributed by atoms with Crippen LogP contribution in [-0.4, -0.2) is 42.0 Å². The van der Waals surface area contributed by atoms with Gasteiger partial charge in [0.2, 0.25) is 0 Å². The van der Waals surface area contributed by atoms with E-state index in [1.807, 2.05) is 18.2 Å². The summed E-state index contributed by atoms with van der Waals surface area (Å²) in [5.74, 6) is -0.190. The Labute approximate surface area is 122 Å². The summed E-state index contributed by atoms with van der Waals surface area (Å²) in [5, 5.41) is 0. The summed E-state index contributed by atoms with van der Waals surface area (Å²) in [6, 6.07) is 11.5. The van der Waals surface area contributed by atoms with Gasteiger partial charge in [-0.25, -0.2) is 0 Å². The van der Waals surface area contributed by atoms with Gasteiger partial charge < -0.3 is 14.8 Å². The molecule has 1 aliphatic rings. The average Bonchev–Trinajstić information content (AvgIpc) is 2.56. The van der Waals surface area contributed by atoms with Crippen LogP contribution < -0.4 is 10.3 Å². The summed E-state index contributed by atoms with van der Waals surface area (Å²) in [7, 11) is 0. The molecule has 108 valence electrons. The van der Waals surface area contributed by atoms with Gasteiger partial charge in [0, 0.05) is 50.3 Å². The smallest absolute Gasteiger partial charge is 0.259 e. The molecule has 0 unspecified atom stereocenters. The average molecular weight is 283 g/mol. The van der Waals surface area contributed by atoms with Crippen LogP contribution in [0, 0.1) is 0 Å². The van der Waals surface area contributed by atoms with E-state index >= 15 is 0 Å². The number of aromatic nitrogens is 1. The summed E-state index contributed by atoms with van der Waals surface area (Å²) in [6.07, 6.45) is 3.01. The molecule has 2 aromatic rings. The zero-order valence-electron chi connectivity index (χ0n) is 11.7. The van der Waals surface area contributed by atoms with Crippen LogP contribution in [0.2, 0.25) is 0 Å². The minimum absolute atomic E-state index is 0.190. The summed E-state index contributed by atoms with van der Waals surface area (Å²) in [6.45, 7) is 2.81. The number of aromatic amines is 1. The van der Waals surface area contributed by atoms with E-state index in [0.717, 1.165) is 13.1 Å². The first-order chi connectivity index (χ1) is 10.3. The number of nitrogens with one attached hydrogen (secondary N) is 1. The lowest BCUT2D eigenvalue weighted by Crippen LogP contribution is -2.49. The van der Waals surface area contributed by atoms with Crippen molar-refractivity contribution in [3.05, 3.63) is 64.6 Å². The highest BCUT2D eigenvalue weighted by molar-refractivity contribution is 5.93. The van der Waals surface area contributed by atoms with Gasteiger partial charge in [-0.2, -0.15) is 0 Å². The molecule has 0 aliphatic carbocycles. The molecule has 1 aliphatic heterocycles. The number of carbonyl (C=O) groups excluding carboxylic acids is 1. The molecule has 3 rings (SSSR count). The third kappa shape index (κ3) is 2.81. The van der Waals surface area contributed by atoms with Crippen LogP contribution in [-0.2, 0) is 0 Å². The van der Waals surface area contributed by atoms with E-state index in [1.165, 1.54) is 24.1 Å². The van der Waals surface area contributed by atoms with Gasteiger partial charge in [0.1, 0.15) is 5.56 Å². The third-order valence-electron chi connectivity index (χ3n) is 3.74. The van der Waals surface area contributed by atoms with E-state index in [2.05, 4.69) is 22.0 Å². The molecule has 1 aromatic carbocycles. The molecular weight excluding hydrogens is 266 g/mol. The van der Waals surface area contributed by atoms with Crippen molar-refractivity contribution in [3.63, 3.8) is 0 Å². The van der Waals surface area contributed by atoms with Crippen LogP contribution >= 0.6 is 0 Å². The lowest BCUT2D eigenvalue weighted by Gasteiger charge is -2.36. The molecular formula is C16H17N3O2. The molecule has 1 N–H and O–H groups in total. The SMILES string of the molecule is O=C(c1c[nH]ccc1=O)N1CCN(c2ccccc2)CC1. The van der Waals surface area contributed by atoms with Gasteiger partial charge in [0.05, 0.1) is 0 Å². The van der Waals surface area contributed by atoms with E-state index in [0.29, 0.717) is 13.1 Å². The first-order valence-corrected chi connectivity index (χ1v) is 7.02. The van der Waals surface area contributed by atoms with Crippen molar-refractivity contribution in [3.8, 4) is 0 Å². The standard InChI is InChI=1S/C16H17N3O2/c20-15-6-7-17-12-14(15)16(21)19-10-8-18(9-11-19)13-4-2-1-3-5-13/h1-7,12H,8-11H2,(H,17,20). The van der Waals surface area contributed by atoms with Crippen LogP contribution in [0.5, 0.6) is 0 Å². The summed E-state index contributed by atoms with van der Waals surface area (Å²) < 4.78 is 0. The van der Waals surface area contributed by atoms with Crippen molar-refractivity contribution in [1.29, 1.82) is 0 Å². The van der Waals surface area contributed by atoms with Crippen molar-refractivity contribution in [2.75, 3.05) is 31.1 Å². The lowest BCUT2D eigenvalue weighted by molar-refractivity contribution is 0.0745. The minimum atomic E-state index is -0.232. The summed E-state index contributed by atoms with van der Waals surface area (Å²) >= 11 is 0.